The third-order valence-corrected chi connectivity index (χ3v) is 3.67. The molecule has 0 radical (unpaired) electrons. The Morgan fingerprint density at radius 2 is 1.80 bits per heavy atom. The van der Waals surface area contributed by atoms with Gasteiger partial charge in [0.05, 0.1) is 16.2 Å². The van der Waals surface area contributed by atoms with Crippen molar-refractivity contribution in [1.29, 1.82) is 0 Å². The SMILES string of the molecule is CC(=O)Cc1cn(-c2ccccc2Cl)c2ccccc12. The lowest BCUT2D eigenvalue weighted by atomic mass is 10.1. The van der Waals surface area contributed by atoms with E-state index < -0.39 is 0 Å². The molecule has 0 fully saturated rings. The summed E-state index contributed by atoms with van der Waals surface area (Å²) in [6.07, 6.45) is 2.45. The largest absolute Gasteiger partial charge is 0.315 e. The van der Waals surface area contributed by atoms with Gasteiger partial charge in [-0.05, 0) is 30.7 Å². The maximum absolute atomic E-state index is 11.4. The van der Waals surface area contributed by atoms with Gasteiger partial charge in [0.15, 0.2) is 0 Å². The zero-order valence-electron chi connectivity index (χ0n) is 11.1. The highest BCUT2D eigenvalue weighted by molar-refractivity contribution is 6.32. The van der Waals surface area contributed by atoms with Gasteiger partial charge in [-0.25, -0.2) is 0 Å². The minimum Gasteiger partial charge on any atom is -0.315 e. The highest BCUT2D eigenvalue weighted by Crippen LogP contribution is 2.28. The molecule has 3 heteroatoms. The van der Waals surface area contributed by atoms with Crippen molar-refractivity contribution in [3.05, 3.63) is 65.3 Å². The van der Waals surface area contributed by atoms with Gasteiger partial charge in [0.25, 0.3) is 0 Å². The Hall–Kier alpha value is -2.06. The molecule has 1 aromatic heterocycles. The average molecular weight is 284 g/mol. The zero-order chi connectivity index (χ0) is 14.1. The van der Waals surface area contributed by atoms with E-state index in [-0.39, 0.29) is 5.78 Å². The number of rotatable bonds is 3. The molecular weight excluding hydrogens is 270 g/mol. The molecule has 3 rings (SSSR count). The van der Waals surface area contributed by atoms with Crippen LogP contribution < -0.4 is 0 Å². The van der Waals surface area contributed by atoms with Crippen molar-refractivity contribution in [1.82, 2.24) is 4.57 Å². The number of fused-ring (bicyclic) bond motifs is 1. The van der Waals surface area contributed by atoms with E-state index >= 15 is 0 Å². The molecule has 0 atom stereocenters. The summed E-state index contributed by atoms with van der Waals surface area (Å²) in [4.78, 5) is 11.4. The number of ketones is 1. The zero-order valence-corrected chi connectivity index (χ0v) is 11.9. The van der Waals surface area contributed by atoms with Gasteiger partial charge < -0.3 is 4.57 Å². The highest BCUT2D eigenvalue weighted by atomic mass is 35.5. The lowest BCUT2D eigenvalue weighted by molar-refractivity contribution is -0.116. The Labute approximate surface area is 122 Å². The molecule has 0 saturated heterocycles. The van der Waals surface area contributed by atoms with Gasteiger partial charge in [-0.2, -0.15) is 0 Å². The smallest absolute Gasteiger partial charge is 0.134 e. The molecule has 0 unspecified atom stereocenters. The van der Waals surface area contributed by atoms with Crippen molar-refractivity contribution in [3.8, 4) is 5.69 Å². The molecule has 100 valence electrons. The summed E-state index contributed by atoms with van der Waals surface area (Å²) in [7, 11) is 0. The van der Waals surface area contributed by atoms with E-state index in [1.54, 1.807) is 6.92 Å². The van der Waals surface area contributed by atoms with E-state index in [2.05, 4.69) is 4.57 Å². The topological polar surface area (TPSA) is 22.0 Å². The second-order valence-electron chi connectivity index (χ2n) is 4.87. The minimum atomic E-state index is 0.159. The normalized spacial score (nSPS) is 10.9. The maximum atomic E-state index is 11.4. The van der Waals surface area contributed by atoms with Crippen LogP contribution in [0.1, 0.15) is 12.5 Å². The first-order valence-corrected chi connectivity index (χ1v) is 6.88. The van der Waals surface area contributed by atoms with Crippen LogP contribution in [0.2, 0.25) is 5.02 Å². The summed E-state index contributed by atoms with van der Waals surface area (Å²) in [6, 6.07) is 15.8. The molecule has 0 aliphatic rings. The number of aromatic nitrogens is 1. The van der Waals surface area contributed by atoms with Crippen LogP contribution >= 0.6 is 11.6 Å². The molecule has 0 bridgehead atoms. The Morgan fingerprint density at radius 1 is 1.10 bits per heavy atom. The van der Waals surface area contributed by atoms with Gasteiger partial charge in [0.1, 0.15) is 5.78 Å². The summed E-state index contributed by atoms with van der Waals surface area (Å²) < 4.78 is 2.05. The molecule has 2 nitrogen and oxygen atoms in total. The summed E-state index contributed by atoms with van der Waals surface area (Å²) in [6.45, 7) is 1.61. The van der Waals surface area contributed by atoms with Crippen molar-refractivity contribution in [3.63, 3.8) is 0 Å². The summed E-state index contributed by atoms with van der Waals surface area (Å²) in [5.41, 5.74) is 3.03. The van der Waals surface area contributed by atoms with Crippen LogP contribution in [0.25, 0.3) is 16.6 Å². The van der Waals surface area contributed by atoms with Gasteiger partial charge >= 0.3 is 0 Å². The Kier molecular flexibility index (Phi) is 3.33. The Morgan fingerprint density at radius 3 is 2.55 bits per heavy atom. The van der Waals surface area contributed by atoms with E-state index in [0.29, 0.717) is 11.4 Å². The standard InChI is InChI=1S/C17H14ClNO/c1-12(20)10-13-11-19(16-8-4-2-6-14(13)16)17-9-5-3-7-15(17)18/h2-9,11H,10H2,1H3. The second kappa shape index (κ2) is 5.14. The van der Waals surface area contributed by atoms with E-state index in [0.717, 1.165) is 22.2 Å². The number of nitrogens with zero attached hydrogens (tertiary/aromatic N) is 1. The fourth-order valence-corrected chi connectivity index (χ4v) is 2.73. The highest BCUT2D eigenvalue weighted by Gasteiger charge is 2.12. The lowest BCUT2D eigenvalue weighted by Crippen LogP contribution is -1.95. The van der Waals surface area contributed by atoms with Crippen LogP contribution in [0, 0.1) is 0 Å². The molecule has 0 amide bonds. The fraction of sp³-hybridized carbons (Fsp3) is 0.118. The van der Waals surface area contributed by atoms with Crippen LogP contribution in [0.3, 0.4) is 0 Å². The van der Waals surface area contributed by atoms with Crippen molar-refractivity contribution >= 4 is 28.3 Å². The average Bonchev–Trinajstić information content (AvgIpc) is 2.78. The first-order valence-electron chi connectivity index (χ1n) is 6.50. The monoisotopic (exact) mass is 283 g/mol. The molecule has 2 aromatic carbocycles. The molecule has 0 spiro atoms. The predicted octanol–water partition coefficient (Wildman–Crippen LogP) is 4.42. The Bertz CT molecular complexity index is 789. The number of Topliss-reactive ketones (excluding diaryl/α,β-unsaturated/α-hetero) is 1. The van der Waals surface area contributed by atoms with Gasteiger partial charge in [-0.15, -0.1) is 0 Å². The number of hydrogen-bond donors (Lipinski definition) is 0. The van der Waals surface area contributed by atoms with E-state index in [9.17, 15) is 4.79 Å². The van der Waals surface area contributed by atoms with Crippen molar-refractivity contribution in [2.75, 3.05) is 0 Å². The molecule has 20 heavy (non-hydrogen) atoms. The lowest BCUT2D eigenvalue weighted by Gasteiger charge is -2.07. The van der Waals surface area contributed by atoms with Crippen LogP contribution in [0.5, 0.6) is 0 Å². The van der Waals surface area contributed by atoms with Gasteiger partial charge in [0.2, 0.25) is 0 Å². The summed E-state index contributed by atoms with van der Waals surface area (Å²) >= 11 is 6.29. The number of para-hydroxylation sites is 2. The molecule has 0 N–H and O–H groups in total. The second-order valence-corrected chi connectivity index (χ2v) is 5.28. The van der Waals surface area contributed by atoms with Crippen molar-refractivity contribution in [2.24, 2.45) is 0 Å². The minimum absolute atomic E-state index is 0.159. The van der Waals surface area contributed by atoms with Gasteiger partial charge in [-0.1, -0.05) is 41.9 Å². The molecular formula is C17H14ClNO. The first-order chi connectivity index (χ1) is 9.66. The number of benzene rings is 2. The fourth-order valence-electron chi connectivity index (χ4n) is 2.51. The van der Waals surface area contributed by atoms with Crippen LogP contribution in [-0.2, 0) is 11.2 Å². The maximum Gasteiger partial charge on any atom is 0.134 e. The summed E-state index contributed by atoms with van der Waals surface area (Å²) in [5, 5.41) is 1.80. The Balaban J connectivity index is 2.26. The van der Waals surface area contributed by atoms with E-state index in [4.69, 9.17) is 11.6 Å². The first kappa shape index (κ1) is 12.9. The molecule has 0 aliphatic heterocycles. The van der Waals surface area contributed by atoms with Crippen molar-refractivity contribution in [2.45, 2.75) is 13.3 Å². The molecule has 1 heterocycles. The number of hydrogen-bond acceptors (Lipinski definition) is 1. The van der Waals surface area contributed by atoms with E-state index in [1.165, 1.54) is 0 Å². The van der Waals surface area contributed by atoms with Crippen LogP contribution in [0.15, 0.2) is 54.7 Å². The third-order valence-electron chi connectivity index (χ3n) is 3.35. The predicted molar refractivity (Wildman–Crippen MR) is 82.7 cm³/mol. The van der Waals surface area contributed by atoms with E-state index in [1.807, 2.05) is 54.7 Å². The number of halogens is 1. The summed E-state index contributed by atoms with van der Waals surface area (Å²) in [5.74, 6) is 0.159. The van der Waals surface area contributed by atoms with Crippen LogP contribution in [-0.4, -0.2) is 10.4 Å². The third kappa shape index (κ3) is 2.23. The van der Waals surface area contributed by atoms with Gasteiger partial charge in [-0.3, -0.25) is 4.79 Å². The van der Waals surface area contributed by atoms with Crippen LogP contribution in [0.4, 0.5) is 0 Å². The number of carbonyl (C=O) groups excluding carboxylic acids is 1. The molecule has 0 aliphatic carbocycles. The van der Waals surface area contributed by atoms with Crippen molar-refractivity contribution < 1.29 is 4.79 Å². The quantitative estimate of drug-likeness (QED) is 0.697. The number of carbonyl (C=O) groups is 1. The molecule has 0 saturated carbocycles. The van der Waals surface area contributed by atoms with Gasteiger partial charge in [0, 0.05) is 18.0 Å². The molecule has 3 aromatic rings.